The Morgan fingerprint density at radius 1 is 1.47 bits per heavy atom. The Bertz CT molecular complexity index is 301. The van der Waals surface area contributed by atoms with Crippen LogP contribution in [-0.4, -0.2) is 46.8 Å². The Morgan fingerprint density at radius 3 is 3.06 bits per heavy atom. The summed E-state index contributed by atoms with van der Waals surface area (Å²) in [4.78, 5) is 25.0. The molecule has 0 aromatic carbocycles. The molecule has 2 rings (SSSR count). The molecule has 2 aliphatic heterocycles. The van der Waals surface area contributed by atoms with Gasteiger partial charge in [-0.2, -0.15) is 0 Å². The predicted octanol–water partition coefficient (Wildman–Crippen LogP) is 1.01. The lowest BCUT2D eigenvalue weighted by Crippen LogP contribution is -2.42. The van der Waals surface area contributed by atoms with Gasteiger partial charge in [-0.15, -0.1) is 0 Å². The van der Waals surface area contributed by atoms with Crippen LogP contribution in [0, 0.1) is 0 Å². The number of nitrogens with zero attached hydrogens (tertiary/aromatic N) is 1. The first kappa shape index (κ1) is 12.9. The molecule has 1 amide bonds. The summed E-state index contributed by atoms with van der Waals surface area (Å²) in [5.41, 5.74) is 0. The van der Waals surface area contributed by atoms with Crippen LogP contribution in [0.4, 0.5) is 0 Å². The molecule has 2 aliphatic rings. The van der Waals surface area contributed by atoms with Crippen LogP contribution in [0.25, 0.3) is 0 Å². The van der Waals surface area contributed by atoms with Gasteiger partial charge in [-0.1, -0.05) is 18.2 Å². The molecular formula is C12H20N2O2S. The van der Waals surface area contributed by atoms with Crippen molar-refractivity contribution in [1.29, 1.82) is 0 Å². The van der Waals surface area contributed by atoms with E-state index < -0.39 is 0 Å². The average Bonchev–Trinajstić information content (AvgIpc) is 2.52. The number of carbonyl (C=O) groups is 2. The van der Waals surface area contributed by atoms with Crippen molar-refractivity contribution < 1.29 is 9.59 Å². The van der Waals surface area contributed by atoms with Gasteiger partial charge in [0.2, 0.25) is 5.91 Å². The summed E-state index contributed by atoms with van der Waals surface area (Å²) in [5.74, 6) is 0.220. The van der Waals surface area contributed by atoms with Gasteiger partial charge in [0.25, 0.3) is 0 Å². The molecule has 5 heteroatoms. The summed E-state index contributed by atoms with van der Waals surface area (Å²) in [5, 5.41) is 3.67. The molecule has 2 atom stereocenters. The minimum Gasteiger partial charge on any atom is -0.337 e. The van der Waals surface area contributed by atoms with E-state index >= 15 is 0 Å². The van der Waals surface area contributed by atoms with E-state index in [2.05, 4.69) is 5.32 Å². The Kier molecular flexibility index (Phi) is 4.45. The molecule has 2 unspecified atom stereocenters. The Labute approximate surface area is 106 Å². The normalized spacial score (nSPS) is 30.4. The Morgan fingerprint density at radius 2 is 2.29 bits per heavy atom. The highest BCUT2D eigenvalue weighted by molar-refractivity contribution is 8.14. The monoisotopic (exact) mass is 256 g/mol. The van der Waals surface area contributed by atoms with Crippen LogP contribution < -0.4 is 5.32 Å². The largest absolute Gasteiger partial charge is 0.337 e. The summed E-state index contributed by atoms with van der Waals surface area (Å²) in [6, 6.07) is 0.336. The van der Waals surface area contributed by atoms with E-state index in [0.717, 1.165) is 26.1 Å². The molecule has 4 nitrogen and oxygen atoms in total. The highest BCUT2D eigenvalue weighted by Crippen LogP contribution is 2.27. The second-order valence-electron chi connectivity index (χ2n) is 4.84. The molecule has 2 heterocycles. The lowest BCUT2D eigenvalue weighted by atomic mass is 10.1. The van der Waals surface area contributed by atoms with Gasteiger partial charge in [0.1, 0.15) is 0 Å². The van der Waals surface area contributed by atoms with Gasteiger partial charge in [0.15, 0.2) is 5.12 Å². The Balaban J connectivity index is 1.92. The molecule has 0 radical (unpaired) electrons. The first-order valence-electron chi connectivity index (χ1n) is 6.34. The number of rotatable bonds is 2. The number of hydrogen-bond acceptors (Lipinski definition) is 4. The first-order valence-corrected chi connectivity index (χ1v) is 7.22. The maximum absolute atomic E-state index is 12.0. The molecule has 1 N–H and O–H groups in total. The minimum absolute atomic E-state index is 0.114. The number of amides is 1. The zero-order valence-electron chi connectivity index (χ0n) is 10.3. The van der Waals surface area contributed by atoms with Gasteiger partial charge in [-0.25, -0.2) is 0 Å². The lowest BCUT2D eigenvalue weighted by molar-refractivity contribution is -0.129. The molecule has 0 spiro atoms. The summed E-state index contributed by atoms with van der Waals surface area (Å²) in [6.45, 7) is 4.29. The van der Waals surface area contributed by atoms with Gasteiger partial charge >= 0.3 is 0 Å². The van der Waals surface area contributed by atoms with E-state index in [0.29, 0.717) is 12.5 Å². The summed E-state index contributed by atoms with van der Waals surface area (Å²) >= 11 is 1.32. The van der Waals surface area contributed by atoms with Gasteiger partial charge < -0.3 is 10.2 Å². The van der Waals surface area contributed by atoms with Crippen LogP contribution in [0.5, 0.6) is 0 Å². The molecule has 0 bridgehead atoms. The van der Waals surface area contributed by atoms with Crippen molar-refractivity contribution in [3.8, 4) is 0 Å². The molecule has 0 aromatic heterocycles. The van der Waals surface area contributed by atoms with Gasteiger partial charge in [0.05, 0.1) is 0 Å². The van der Waals surface area contributed by atoms with Crippen LogP contribution in [0.2, 0.25) is 0 Å². The number of nitrogens with one attached hydrogen (secondary N) is 1. The minimum atomic E-state index is 0.114. The van der Waals surface area contributed by atoms with E-state index in [1.807, 2.05) is 4.90 Å². The first-order chi connectivity index (χ1) is 8.16. The van der Waals surface area contributed by atoms with Crippen LogP contribution in [0.15, 0.2) is 0 Å². The zero-order chi connectivity index (χ0) is 12.3. The zero-order valence-corrected chi connectivity index (χ0v) is 11.1. The van der Waals surface area contributed by atoms with Gasteiger partial charge in [0, 0.05) is 37.7 Å². The highest BCUT2D eigenvalue weighted by atomic mass is 32.2. The summed E-state index contributed by atoms with van der Waals surface area (Å²) in [7, 11) is 0. The second kappa shape index (κ2) is 5.87. The fourth-order valence-electron chi connectivity index (χ4n) is 2.63. The maximum atomic E-state index is 12.0. The third-order valence-corrected chi connectivity index (χ3v) is 4.40. The number of carbonyl (C=O) groups excluding carboxylic acids is 2. The number of thioether (sulfide) groups is 1. The van der Waals surface area contributed by atoms with Crippen molar-refractivity contribution in [2.45, 2.75) is 43.9 Å². The predicted molar refractivity (Wildman–Crippen MR) is 68.9 cm³/mol. The molecular weight excluding hydrogens is 236 g/mol. The maximum Gasteiger partial charge on any atom is 0.224 e. The summed E-state index contributed by atoms with van der Waals surface area (Å²) in [6.07, 6.45) is 4.01. The highest BCUT2D eigenvalue weighted by Gasteiger charge is 2.35. The molecule has 17 heavy (non-hydrogen) atoms. The topological polar surface area (TPSA) is 49.4 Å². The Hall–Kier alpha value is -0.550. The molecule has 0 saturated carbocycles. The average molecular weight is 256 g/mol. The van der Waals surface area contributed by atoms with Crippen LogP contribution >= 0.6 is 11.8 Å². The molecule has 0 aromatic rings. The van der Waals surface area contributed by atoms with Crippen molar-refractivity contribution in [2.24, 2.45) is 0 Å². The fraction of sp³-hybridized carbons (Fsp3) is 0.833. The van der Waals surface area contributed by atoms with Crippen molar-refractivity contribution >= 4 is 22.8 Å². The third-order valence-electron chi connectivity index (χ3n) is 3.42. The lowest BCUT2D eigenvalue weighted by Gasteiger charge is -2.27. The third kappa shape index (κ3) is 3.45. The van der Waals surface area contributed by atoms with Crippen molar-refractivity contribution in [3.05, 3.63) is 0 Å². The van der Waals surface area contributed by atoms with Crippen LogP contribution in [0.3, 0.4) is 0 Å². The standard InChI is InChI=1S/C12H20N2O2S/c1-9(15)17-11-6-12(16)14(8-11)10-4-2-3-5-13-7-10/h10-11,13H,2-8H2,1H3. The SMILES string of the molecule is CC(=O)SC1CC(=O)N(C2CCCCNC2)C1. The van der Waals surface area contributed by atoms with E-state index in [4.69, 9.17) is 0 Å². The quantitative estimate of drug-likeness (QED) is 0.801. The van der Waals surface area contributed by atoms with E-state index in [-0.39, 0.29) is 16.3 Å². The second-order valence-corrected chi connectivity index (χ2v) is 6.31. The number of hydrogen-bond donors (Lipinski definition) is 1. The smallest absolute Gasteiger partial charge is 0.224 e. The fourth-order valence-corrected chi connectivity index (χ4v) is 3.56. The van der Waals surface area contributed by atoms with Crippen molar-refractivity contribution in [3.63, 3.8) is 0 Å². The molecule has 2 saturated heterocycles. The molecule has 0 aliphatic carbocycles. The van der Waals surface area contributed by atoms with E-state index in [1.165, 1.54) is 24.6 Å². The van der Waals surface area contributed by atoms with Crippen LogP contribution in [-0.2, 0) is 9.59 Å². The number of likely N-dealkylation sites (tertiary alicyclic amines) is 1. The van der Waals surface area contributed by atoms with Crippen molar-refractivity contribution in [1.82, 2.24) is 10.2 Å². The van der Waals surface area contributed by atoms with Crippen LogP contribution in [0.1, 0.15) is 32.6 Å². The molecule has 2 fully saturated rings. The van der Waals surface area contributed by atoms with Gasteiger partial charge in [-0.05, 0) is 19.4 Å². The molecule has 96 valence electrons. The van der Waals surface area contributed by atoms with E-state index in [9.17, 15) is 9.59 Å². The van der Waals surface area contributed by atoms with Crippen molar-refractivity contribution in [2.75, 3.05) is 19.6 Å². The summed E-state index contributed by atoms with van der Waals surface area (Å²) < 4.78 is 0. The van der Waals surface area contributed by atoms with Gasteiger partial charge in [-0.3, -0.25) is 9.59 Å². The van der Waals surface area contributed by atoms with E-state index in [1.54, 1.807) is 6.92 Å².